The standard InChI is InChI=1S/C15H20O/c1-9(2)14-8-12(16)7-11-5-6-13(15(11)14)10-3-4-10/h7-10,13,16H,3-6H2,1-2H3. The molecule has 0 saturated heterocycles. The summed E-state index contributed by atoms with van der Waals surface area (Å²) in [4.78, 5) is 0. The molecule has 0 spiro atoms. The lowest BCUT2D eigenvalue weighted by Gasteiger charge is -2.18. The number of benzene rings is 1. The number of hydrogen-bond acceptors (Lipinski definition) is 1. The lowest BCUT2D eigenvalue weighted by molar-refractivity contribution is 0.473. The number of phenolic OH excluding ortho intramolecular Hbond substituents is 1. The Bertz CT molecular complexity index is 416. The predicted octanol–water partition coefficient (Wildman–Crippen LogP) is 3.96. The van der Waals surface area contributed by atoms with Crippen molar-refractivity contribution in [1.29, 1.82) is 0 Å². The van der Waals surface area contributed by atoms with Crippen LogP contribution < -0.4 is 0 Å². The second kappa shape index (κ2) is 3.51. The van der Waals surface area contributed by atoms with E-state index < -0.39 is 0 Å². The molecule has 3 rings (SSSR count). The summed E-state index contributed by atoms with van der Waals surface area (Å²) >= 11 is 0. The SMILES string of the molecule is CC(C)c1cc(O)cc2c1C(C1CC1)CC2. The molecule has 0 heterocycles. The van der Waals surface area contributed by atoms with Crippen molar-refractivity contribution < 1.29 is 5.11 Å². The van der Waals surface area contributed by atoms with Gasteiger partial charge in [-0.05, 0) is 72.3 Å². The van der Waals surface area contributed by atoms with E-state index in [2.05, 4.69) is 13.8 Å². The zero-order valence-electron chi connectivity index (χ0n) is 10.2. The molecule has 0 bridgehead atoms. The van der Waals surface area contributed by atoms with Crippen LogP contribution in [0, 0.1) is 5.92 Å². The fourth-order valence-corrected chi connectivity index (χ4v) is 3.28. The van der Waals surface area contributed by atoms with Gasteiger partial charge in [-0.25, -0.2) is 0 Å². The van der Waals surface area contributed by atoms with Crippen LogP contribution in [0.5, 0.6) is 5.75 Å². The van der Waals surface area contributed by atoms with Gasteiger partial charge in [0.25, 0.3) is 0 Å². The Morgan fingerprint density at radius 3 is 2.56 bits per heavy atom. The van der Waals surface area contributed by atoms with Gasteiger partial charge in [0.05, 0.1) is 0 Å². The molecule has 86 valence electrons. The van der Waals surface area contributed by atoms with E-state index in [1.807, 2.05) is 12.1 Å². The van der Waals surface area contributed by atoms with Crippen molar-refractivity contribution in [3.8, 4) is 5.75 Å². The summed E-state index contributed by atoms with van der Waals surface area (Å²) in [5, 5.41) is 9.77. The van der Waals surface area contributed by atoms with E-state index in [4.69, 9.17) is 0 Å². The van der Waals surface area contributed by atoms with E-state index in [0.29, 0.717) is 11.7 Å². The van der Waals surface area contributed by atoms with Crippen LogP contribution in [0.3, 0.4) is 0 Å². The molecule has 0 radical (unpaired) electrons. The second-order valence-electron chi connectivity index (χ2n) is 5.75. The Morgan fingerprint density at radius 1 is 1.19 bits per heavy atom. The van der Waals surface area contributed by atoms with Gasteiger partial charge in [-0.1, -0.05) is 13.8 Å². The van der Waals surface area contributed by atoms with Crippen molar-refractivity contribution in [3.63, 3.8) is 0 Å². The van der Waals surface area contributed by atoms with Crippen LogP contribution in [-0.4, -0.2) is 5.11 Å². The summed E-state index contributed by atoms with van der Waals surface area (Å²) in [5.41, 5.74) is 4.40. The first-order valence-electron chi connectivity index (χ1n) is 6.52. The van der Waals surface area contributed by atoms with Gasteiger partial charge in [-0.3, -0.25) is 0 Å². The van der Waals surface area contributed by atoms with Crippen molar-refractivity contribution in [2.45, 2.75) is 51.4 Å². The number of rotatable bonds is 2. The smallest absolute Gasteiger partial charge is 0.116 e. The summed E-state index contributed by atoms with van der Waals surface area (Å²) < 4.78 is 0. The lowest BCUT2D eigenvalue weighted by atomic mass is 9.87. The van der Waals surface area contributed by atoms with Crippen molar-refractivity contribution in [3.05, 3.63) is 28.8 Å². The van der Waals surface area contributed by atoms with Crippen molar-refractivity contribution in [2.24, 2.45) is 5.92 Å². The maximum atomic E-state index is 9.77. The zero-order chi connectivity index (χ0) is 11.3. The highest BCUT2D eigenvalue weighted by Crippen LogP contribution is 2.51. The Labute approximate surface area is 97.5 Å². The van der Waals surface area contributed by atoms with Crippen LogP contribution in [0.15, 0.2) is 12.1 Å². The quantitative estimate of drug-likeness (QED) is 0.793. The minimum absolute atomic E-state index is 0.457. The molecule has 0 aromatic heterocycles. The molecule has 1 atom stereocenters. The topological polar surface area (TPSA) is 20.2 Å². The highest BCUT2D eigenvalue weighted by atomic mass is 16.3. The van der Waals surface area contributed by atoms with Crippen molar-refractivity contribution >= 4 is 0 Å². The summed E-state index contributed by atoms with van der Waals surface area (Å²) in [7, 11) is 0. The fourth-order valence-electron chi connectivity index (χ4n) is 3.28. The molecular formula is C15H20O. The first-order valence-corrected chi connectivity index (χ1v) is 6.52. The van der Waals surface area contributed by atoms with Gasteiger partial charge >= 0.3 is 0 Å². The van der Waals surface area contributed by atoms with Crippen LogP contribution in [0.1, 0.15) is 61.6 Å². The van der Waals surface area contributed by atoms with Crippen molar-refractivity contribution in [2.75, 3.05) is 0 Å². The van der Waals surface area contributed by atoms with E-state index in [-0.39, 0.29) is 0 Å². The van der Waals surface area contributed by atoms with Crippen LogP contribution >= 0.6 is 0 Å². The number of aromatic hydroxyl groups is 1. The Kier molecular flexibility index (Phi) is 2.24. The highest BCUT2D eigenvalue weighted by molar-refractivity contribution is 5.48. The Hall–Kier alpha value is -0.980. The van der Waals surface area contributed by atoms with Gasteiger partial charge in [0.2, 0.25) is 0 Å². The van der Waals surface area contributed by atoms with Gasteiger partial charge in [-0.15, -0.1) is 0 Å². The molecule has 2 aliphatic carbocycles. The normalized spacial score (nSPS) is 23.8. The lowest BCUT2D eigenvalue weighted by Crippen LogP contribution is -2.02. The third-order valence-electron chi connectivity index (χ3n) is 4.19. The molecule has 1 fully saturated rings. The number of fused-ring (bicyclic) bond motifs is 1. The molecule has 1 saturated carbocycles. The van der Waals surface area contributed by atoms with Gasteiger partial charge < -0.3 is 5.11 Å². The molecule has 1 aromatic carbocycles. The summed E-state index contributed by atoms with van der Waals surface area (Å²) in [6.45, 7) is 4.47. The molecule has 1 aromatic rings. The second-order valence-corrected chi connectivity index (χ2v) is 5.75. The minimum Gasteiger partial charge on any atom is -0.508 e. The van der Waals surface area contributed by atoms with Gasteiger partial charge in [0.1, 0.15) is 5.75 Å². The van der Waals surface area contributed by atoms with Crippen LogP contribution in [-0.2, 0) is 6.42 Å². The van der Waals surface area contributed by atoms with Crippen LogP contribution in [0.2, 0.25) is 0 Å². The molecule has 1 N–H and O–H groups in total. The maximum Gasteiger partial charge on any atom is 0.116 e. The summed E-state index contributed by atoms with van der Waals surface area (Å²) in [6, 6.07) is 3.98. The van der Waals surface area contributed by atoms with Gasteiger partial charge in [0, 0.05) is 0 Å². The van der Waals surface area contributed by atoms with E-state index in [9.17, 15) is 5.11 Å². The molecule has 16 heavy (non-hydrogen) atoms. The molecule has 0 aliphatic heterocycles. The Balaban J connectivity index is 2.10. The fraction of sp³-hybridized carbons (Fsp3) is 0.600. The van der Waals surface area contributed by atoms with Crippen LogP contribution in [0.4, 0.5) is 0 Å². The molecular weight excluding hydrogens is 196 g/mol. The zero-order valence-corrected chi connectivity index (χ0v) is 10.2. The number of hydrogen-bond donors (Lipinski definition) is 1. The molecule has 1 unspecified atom stereocenters. The van der Waals surface area contributed by atoms with E-state index >= 15 is 0 Å². The minimum atomic E-state index is 0.457. The average Bonchev–Trinajstić information content (AvgIpc) is 2.98. The third kappa shape index (κ3) is 1.53. The monoisotopic (exact) mass is 216 g/mol. The first-order chi connectivity index (χ1) is 7.66. The molecule has 2 aliphatic rings. The molecule has 1 nitrogen and oxygen atoms in total. The summed E-state index contributed by atoms with van der Waals surface area (Å²) in [5.74, 6) is 2.73. The van der Waals surface area contributed by atoms with E-state index in [1.165, 1.54) is 36.8 Å². The molecule has 0 amide bonds. The first kappa shape index (κ1) is 10.2. The number of aryl methyl sites for hydroxylation is 1. The third-order valence-corrected chi connectivity index (χ3v) is 4.19. The van der Waals surface area contributed by atoms with E-state index in [0.717, 1.165) is 11.8 Å². The average molecular weight is 216 g/mol. The maximum absolute atomic E-state index is 9.77. The van der Waals surface area contributed by atoms with Crippen LogP contribution in [0.25, 0.3) is 0 Å². The molecule has 1 heteroatoms. The number of phenols is 1. The van der Waals surface area contributed by atoms with E-state index in [1.54, 1.807) is 5.56 Å². The predicted molar refractivity (Wildman–Crippen MR) is 66.0 cm³/mol. The van der Waals surface area contributed by atoms with Gasteiger partial charge in [0.15, 0.2) is 0 Å². The highest BCUT2D eigenvalue weighted by Gasteiger charge is 2.38. The summed E-state index contributed by atoms with van der Waals surface area (Å²) in [6.07, 6.45) is 5.32. The Morgan fingerprint density at radius 2 is 1.94 bits per heavy atom. The van der Waals surface area contributed by atoms with Crippen molar-refractivity contribution in [1.82, 2.24) is 0 Å². The largest absolute Gasteiger partial charge is 0.508 e. The van der Waals surface area contributed by atoms with Gasteiger partial charge in [-0.2, -0.15) is 0 Å².